The zero-order chi connectivity index (χ0) is 18.3. The largest absolute Gasteiger partial charge is 0.325 e. The van der Waals surface area contributed by atoms with Crippen molar-refractivity contribution in [1.29, 1.82) is 0 Å². The lowest BCUT2D eigenvalue weighted by molar-refractivity contribution is -0.113. The molecule has 1 aliphatic rings. The van der Waals surface area contributed by atoms with Gasteiger partial charge in [-0.2, -0.15) is 0 Å². The van der Waals surface area contributed by atoms with Crippen LogP contribution in [-0.2, 0) is 4.79 Å². The molecule has 0 radical (unpaired) electrons. The Morgan fingerprint density at radius 3 is 2.69 bits per heavy atom. The standard InChI is InChI=1S/C19H18BrN3OS2/c1-10-11(2)26-19-16(10)18(22-17(23-19)12-3-4-12)25-9-15(24)21-14-7-5-13(20)6-8-14/h5-8,12H,3-4,9H2,1-2H3,(H,21,24). The number of benzene rings is 1. The van der Waals surface area contributed by atoms with Crippen LogP contribution in [0, 0.1) is 13.8 Å². The van der Waals surface area contributed by atoms with E-state index in [0.29, 0.717) is 11.7 Å². The van der Waals surface area contributed by atoms with Crippen molar-refractivity contribution < 1.29 is 4.79 Å². The minimum Gasteiger partial charge on any atom is -0.325 e. The highest BCUT2D eigenvalue weighted by atomic mass is 79.9. The summed E-state index contributed by atoms with van der Waals surface area (Å²) < 4.78 is 0.990. The molecule has 1 aromatic carbocycles. The summed E-state index contributed by atoms with van der Waals surface area (Å²) in [6.07, 6.45) is 2.34. The highest BCUT2D eigenvalue weighted by molar-refractivity contribution is 9.10. The van der Waals surface area contributed by atoms with Crippen molar-refractivity contribution in [2.45, 2.75) is 37.6 Å². The van der Waals surface area contributed by atoms with Gasteiger partial charge in [0.05, 0.1) is 5.75 Å². The van der Waals surface area contributed by atoms with Crippen molar-refractivity contribution in [3.8, 4) is 0 Å². The topological polar surface area (TPSA) is 54.9 Å². The number of rotatable bonds is 5. The van der Waals surface area contributed by atoms with E-state index in [-0.39, 0.29) is 5.91 Å². The van der Waals surface area contributed by atoms with Gasteiger partial charge in [0.15, 0.2) is 0 Å². The number of hydrogen-bond acceptors (Lipinski definition) is 5. The molecule has 0 unspecified atom stereocenters. The molecule has 0 bridgehead atoms. The minimum atomic E-state index is -0.0262. The first kappa shape index (κ1) is 17.9. The Balaban J connectivity index is 1.54. The Hall–Kier alpha value is -1.44. The molecule has 0 atom stereocenters. The number of fused-ring (bicyclic) bond motifs is 1. The Bertz CT molecular complexity index is 981. The summed E-state index contributed by atoms with van der Waals surface area (Å²) in [5, 5.41) is 4.98. The van der Waals surface area contributed by atoms with Crippen molar-refractivity contribution in [1.82, 2.24) is 9.97 Å². The molecule has 3 aromatic rings. The number of thiophene rings is 1. The number of halogens is 1. The van der Waals surface area contributed by atoms with Crippen molar-refractivity contribution in [2.75, 3.05) is 11.1 Å². The SMILES string of the molecule is Cc1sc2nc(C3CC3)nc(SCC(=O)Nc3ccc(Br)cc3)c2c1C. The second-order valence-corrected chi connectivity index (χ2v) is 9.55. The summed E-state index contributed by atoms with van der Waals surface area (Å²) in [5.41, 5.74) is 2.02. The minimum absolute atomic E-state index is 0.0262. The van der Waals surface area contributed by atoms with E-state index >= 15 is 0 Å². The van der Waals surface area contributed by atoms with Crippen molar-refractivity contribution in [2.24, 2.45) is 0 Å². The van der Waals surface area contributed by atoms with Gasteiger partial charge in [-0.05, 0) is 56.5 Å². The molecule has 1 aliphatic carbocycles. The molecule has 2 heterocycles. The fourth-order valence-electron chi connectivity index (χ4n) is 2.72. The molecule has 0 spiro atoms. The van der Waals surface area contributed by atoms with Gasteiger partial charge >= 0.3 is 0 Å². The molecule has 1 fully saturated rings. The number of aryl methyl sites for hydroxylation is 2. The number of amides is 1. The van der Waals surface area contributed by atoms with Crippen LogP contribution < -0.4 is 5.32 Å². The lowest BCUT2D eigenvalue weighted by atomic mass is 10.2. The summed E-state index contributed by atoms with van der Waals surface area (Å²) in [6, 6.07) is 7.59. The lowest BCUT2D eigenvalue weighted by Gasteiger charge is -2.08. The second kappa shape index (κ2) is 7.29. The molecule has 26 heavy (non-hydrogen) atoms. The summed E-state index contributed by atoms with van der Waals surface area (Å²) in [4.78, 5) is 24.2. The van der Waals surface area contributed by atoms with Crippen molar-refractivity contribution in [3.05, 3.63) is 45.0 Å². The molecule has 134 valence electrons. The highest BCUT2D eigenvalue weighted by Crippen LogP contribution is 2.42. The van der Waals surface area contributed by atoms with Gasteiger partial charge in [0.25, 0.3) is 0 Å². The van der Waals surface area contributed by atoms with E-state index < -0.39 is 0 Å². The predicted octanol–water partition coefficient (Wildman–Crippen LogP) is 5.68. The maximum Gasteiger partial charge on any atom is 0.234 e. The number of aromatic nitrogens is 2. The summed E-state index contributed by atoms with van der Waals surface area (Å²) in [6.45, 7) is 4.23. The molecule has 0 saturated heterocycles. The molecular weight excluding hydrogens is 430 g/mol. The number of hydrogen-bond donors (Lipinski definition) is 1. The Morgan fingerprint density at radius 1 is 1.27 bits per heavy atom. The van der Waals surface area contributed by atoms with Gasteiger partial charge in [0.1, 0.15) is 15.7 Å². The zero-order valence-electron chi connectivity index (χ0n) is 14.5. The summed E-state index contributed by atoms with van der Waals surface area (Å²) >= 11 is 6.62. The van der Waals surface area contributed by atoms with Crippen LogP contribution in [0.2, 0.25) is 0 Å². The van der Waals surface area contributed by atoms with Crippen LogP contribution >= 0.6 is 39.0 Å². The van der Waals surface area contributed by atoms with E-state index in [1.54, 1.807) is 11.3 Å². The smallest absolute Gasteiger partial charge is 0.234 e. The van der Waals surface area contributed by atoms with E-state index in [1.165, 1.54) is 35.0 Å². The number of nitrogens with one attached hydrogen (secondary N) is 1. The molecule has 2 aromatic heterocycles. The fourth-order valence-corrected chi connectivity index (χ4v) is 4.98. The Kier molecular flexibility index (Phi) is 5.03. The van der Waals surface area contributed by atoms with Crippen molar-refractivity contribution in [3.63, 3.8) is 0 Å². The number of carbonyl (C=O) groups excluding carboxylic acids is 1. The third-order valence-corrected chi connectivity index (χ3v) is 7.03. The first-order valence-electron chi connectivity index (χ1n) is 8.47. The van der Waals surface area contributed by atoms with Crippen LogP contribution in [0.1, 0.15) is 35.0 Å². The van der Waals surface area contributed by atoms with Gasteiger partial charge < -0.3 is 5.32 Å². The summed E-state index contributed by atoms with van der Waals surface area (Å²) in [7, 11) is 0. The van der Waals surface area contributed by atoms with Crippen LogP contribution in [0.5, 0.6) is 0 Å². The van der Waals surface area contributed by atoms with Gasteiger partial charge in [-0.25, -0.2) is 9.97 Å². The third-order valence-electron chi connectivity index (χ3n) is 4.42. The lowest BCUT2D eigenvalue weighted by Crippen LogP contribution is -2.14. The summed E-state index contributed by atoms with van der Waals surface area (Å²) in [5.74, 6) is 1.75. The quantitative estimate of drug-likeness (QED) is 0.403. The molecule has 1 saturated carbocycles. The number of anilines is 1. The van der Waals surface area contributed by atoms with E-state index in [9.17, 15) is 4.79 Å². The molecule has 7 heteroatoms. The number of thioether (sulfide) groups is 1. The first-order chi connectivity index (χ1) is 12.5. The monoisotopic (exact) mass is 447 g/mol. The maximum absolute atomic E-state index is 12.3. The van der Waals surface area contributed by atoms with Gasteiger partial charge in [0.2, 0.25) is 5.91 Å². The number of carbonyl (C=O) groups is 1. The fraction of sp³-hybridized carbons (Fsp3) is 0.316. The second-order valence-electron chi connectivity index (χ2n) is 6.47. The van der Waals surface area contributed by atoms with E-state index in [4.69, 9.17) is 9.97 Å². The Labute approximate surface area is 169 Å². The van der Waals surface area contributed by atoms with Gasteiger partial charge in [-0.3, -0.25) is 4.79 Å². The average molecular weight is 448 g/mol. The predicted molar refractivity (Wildman–Crippen MR) is 112 cm³/mol. The molecular formula is C19H18BrN3OS2. The van der Waals surface area contributed by atoms with Gasteiger partial charge in [-0.15, -0.1) is 11.3 Å². The van der Waals surface area contributed by atoms with Crippen LogP contribution in [0.25, 0.3) is 10.2 Å². The van der Waals surface area contributed by atoms with E-state index in [2.05, 4.69) is 35.1 Å². The molecule has 4 nitrogen and oxygen atoms in total. The highest BCUT2D eigenvalue weighted by Gasteiger charge is 2.28. The number of nitrogens with zero attached hydrogens (tertiary/aromatic N) is 2. The average Bonchev–Trinajstić information content (AvgIpc) is 3.42. The molecule has 1 amide bonds. The normalized spacial score (nSPS) is 14.0. The van der Waals surface area contributed by atoms with Crippen LogP contribution in [0.15, 0.2) is 33.8 Å². The van der Waals surface area contributed by atoms with E-state index in [1.807, 2.05) is 24.3 Å². The first-order valence-corrected chi connectivity index (χ1v) is 11.1. The van der Waals surface area contributed by atoms with Crippen LogP contribution in [0.4, 0.5) is 5.69 Å². The Morgan fingerprint density at radius 2 is 2.00 bits per heavy atom. The van der Waals surface area contributed by atoms with Crippen LogP contribution in [0.3, 0.4) is 0 Å². The zero-order valence-corrected chi connectivity index (χ0v) is 17.7. The van der Waals surface area contributed by atoms with Gasteiger partial charge in [0, 0.05) is 26.3 Å². The van der Waals surface area contributed by atoms with Crippen molar-refractivity contribution >= 4 is 60.8 Å². The maximum atomic E-state index is 12.3. The third kappa shape index (κ3) is 3.80. The molecule has 4 rings (SSSR count). The molecule has 0 aliphatic heterocycles. The molecule has 1 N–H and O–H groups in total. The van der Waals surface area contributed by atoms with Crippen LogP contribution in [-0.4, -0.2) is 21.6 Å². The van der Waals surface area contributed by atoms with Gasteiger partial charge in [-0.1, -0.05) is 27.7 Å². The van der Waals surface area contributed by atoms with E-state index in [0.717, 1.165) is 31.2 Å².